The Morgan fingerprint density at radius 3 is 2.79 bits per heavy atom. The molecule has 19 heavy (non-hydrogen) atoms. The maximum atomic E-state index is 9.87. The highest BCUT2D eigenvalue weighted by molar-refractivity contribution is 5.46. The van der Waals surface area contributed by atoms with Crippen LogP contribution in [0.25, 0.3) is 0 Å². The van der Waals surface area contributed by atoms with Crippen LogP contribution in [0.4, 0.5) is 5.69 Å². The summed E-state index contributed by atoms with van der Waals surface area (Å²) in [6.07, 6.45) is 3.05. The first kappa shape index (κ1) is 13.4. The van der Waals surface area contributed by atoms with Crippen LogP contribution in [0, 0.1) is 0 Å². The predicted molar refractivity (Wildman–Crippen MR) is 74.3 cm³/mol. The number of nitrogens with zero attached hydrogens (tertiary/aromatic N) is 2. The molecule has 0 bridgehead atoms. The van der Waals surface area contributed by atoms with Crippen LogP contribution in [0.5, 0.6) is 5.75 Å². The van der Waals surface area contributed by atoms with E-state index in [0.29, 0.717) is 19.7 Å². The molecule has 1 aromatic heterocycles. The molecular weight excluding hydrogens is 242 g/mol. The van der Waals surface area contributed by atoms with Crippen LogP contribution >= 0.6 is 0 Å². The van der Waals surface area contributed by atoms with Gasteiger partial charge in [-0.25, -0.2) is 0 Å². The molecule has 0 aliphatic rings. The lowest BCUT2D eigenvalue weighted by Gasteiger charge is -2.13. The fraction of sp³-hybridized carbons (Fsp3) is 0.357. The number of anilines is 1. The molecule has 1 atom stereocenters. The summed E-state index contributed by atoms with van der Waals surface area (Å²) in [6, 6.07) is 9.53. The van der Waals surface area contributed by atoms with Crippen LogP contribution in [0.3, 0.4) is 0 Å². The number of benzene rings is 1. The van der Waals surface area contributed by atoms with Gasteiger partial charge in [-0.3, -0.25) is 4.68 Å². The van der Waals surface area contributed by atoms with Crippen LogP contribution < -0.4 is 10.1 Å². The summed E-state index contributed by atoms with van der Waals surface area (Å²) in [5.41, 5.74) is 0.961. The second-order valence-electron chi connectivity index (χ2n) is 4.22. The first-order chi connectivity index (χ1) is 9.28. The molecule has 0 aliphatic carbocycles. The number of nitrogens with one attached hydrogen (secondary N) is 1. The molecule has 1 aromatic carbocycles. The number of rotatable bonds is 7. The van der Waals surface area contributed by atoms with E-state index in [9.17, 15) is 5.11 Å². The van der Waals surface area contributed by atoms with Gasteiger partial charge in [0, 0.05) is 24.6 Å². The van der Waals surface area contributed by atoms with Crippen LogP contribution in [0.2, 0.25) is 0 Å². The molecule has 0 unspecified atom stereocenters. The van der Waals surface area contributed by atoms with Crippen molar-refractivity contribution in [3.05, 3.63) is 42.7 Å². The average molecular weight is 261 g/mol. The molecule has 2 N–H and O–H groups in total. The van der Waals surface area contributed by atoms with E-state index in [2.05, 4.69) is 10.4 Å². The summed E-state index contributed by atoms with van der Waals surface area (Å²) in [4.78, 5) is 0. The third-order valence-electron chi connectivity index (χ3n) is 2.66. The van der Waals surface area contributed by atoms with Crippen LogP contribution in [0.1, 0.15) is 6.92 Å². The van der Waals surface area contributed by atoms with Crippen molar-refractivity contribution in [1.29, 1.82) is 0 Å². The Morgan fingerprint density at radius 2 is 2.16 bits per heavy atom. The normalized spacial score (nSPS) is 12.1. The highest BCUT2D eigenvalue weighted by Gasteiger charge is 2.05. The molecule has 5 nitrogen and oxygen atoms in total. The van der Waals surface area contributed by atoms with Gasteiger partial charge in [-0.1, -0.05) is 0 Å². The van der Waals surface area contributed by atoms with Crippen molar-refractivity contribution in [2.45, 2.75) is 19.6 Å². The lowest BCUT2D eigenvalue weighted by Crippen LogP contribution is -2.25. The van der Waals surface area contributed by atoms with Gasteiger partial charge < -0.3 is 15.2 Å². The Bertz CT molecular complexity index is 468. The van der Waals surface area contributed by atoms with E-state index >= 15 is 0 Å². The van der Waals surface area contributed by atoms with E-state index in [4.69, 9.17) is 4.74 Å². The topological polar surface area (TPSA) is 59.3 Å². The minimum absolute atomic E-state index is 0.480. The van der Waals surface area contributed by atoms with E-state index < -0.39 is 6.10 Å². The molecule has 2 rings (SSSR count). The van der Waals surface area contributed by atoms with Crippen molar-refractivity contribution in [3.63, 3.8) is 0 Å². The van der Waals surface area contributed by atoms with E-state index in [0.717, 1.165) is 11.4 Å². The van der Waals surface area contributed by atoms with Crippen molar-refractivity contribution in [1.82, 2.24) is 9.78 Å². The SMILES string of the molecule is CCOc1ccc(NC[C@@H](O)Cn2cccn2)cc1. The fourth-order valence-electron chi connectivity index (χ4n) is 1.76. The summed E-state index contributed by atoms with van der Waals surface area (Å²) in [5.74, 6) is 0.852. The molecule has 2 aromatic rings. The lowest BCUT2D eigenvalue weighted by molar-refractivity contribution is 0.161. The summed E-state index contributed by atoms with van der Waals surface area (Å²) < 4.78 is 7.08. The molecule has 0 fully saturated rings. The second-order valence-corrected chi connectivity index (χ2v) is 4.22. The van der Waals surface area contributed by atoms with Crippen LogP contribution in [-0.4, -0.2) is 34.1 Å². The van der Waals surface area contributed by atoms with Gasteiger partial charge >= 0.3 is 0 Å². The first-order valence-corrected chi connectivity index (χ1v) is 6.40. The summed E-state index contributed by atoms with van der Waals surface area (Å²) >= 11 is 0. The Morgan fingerprint density at radius 1 is 1.37 bits per heavy atom. The minimum Gasteiger partial charge on any atom is -0.494 e. The van der Waals surface area contributed by atoms with Gasteiger partial charge in [0.25, 0.3) is 0 Å². The summed E-state index contributed by atoms with van der Waals surface area (Å²) in [6.45, 7) is 3.58. The Labute approximate surface area is 112 Å². The fourth-order valence-corrected chi connectivity index (χ4v) is 1.76. The number of aliphatic hydroxyl groups excluding tert-OH is 1. The van der Waals surface area contributed by atoms with Gasteiger partial charge in [0.15, 0.2) is 0 Å². The van der Waals surface area contributed by atoms with E-state index in [1.807, 2.05) is 43.5 Å². The average Bonchev–Trinajstić information content (AvgIpc) is 2.91. The van der Waals surface area contributed by atoms with E-state index in [1.165, 1.54) is 0 Å². The maximum absolute atomic E-state index is 9.87. The molecule has 102 valence electrons. The Kier molecular flexibility index (Phi) is 4.80. The third-order valence-corrected chi connectivity index (χ3v) is 2.66. The number of hydrogen-bond donors (Lipinski definition) is 2. The van der Waals surface area contributed by atoms with Gasteiger partial charge in [-0.2, -0.15) is 5.10 Å². The number of aliphatic hydroxyl groups is 1. The Hall–Kier alpha value is -2.01. The Balaban J connectivity index is 1.78. The smallest absolute Gasteiger partial charge is 0.119 e. The van der Waals surface area contributed by atoms with Gasteiger partial charge in [-0.15, -0.1) is 0 Å². The molecule has 5 heteroatoms. The number of aromatic nitrogens is 2. The van der Waals surface area contributed by atoms with Crippen LogP contribution in [0.15, 0.2) is 42.7 Å². The van der Waals surface area contributed by atoms with Crippen molar-refractivity contribution in [3.8, 4) is 5.75 Å². The molecule has 0 saturated heterocycles. The van der Waals surface area contributed by atoms with E-state index in [1.54, 1.807) is 10.9 Å². The molecular formula is C14H19N3O2. The van der Waals surface area contributed by atoms with Gasteiger partial charge in [0.1, 0.15) is 5.75 Å². The van der Waals surface area contributed by atoms with Crippen molar-refractivity contribution < 1.29 is 9.84 Å². The second kappa shape index (κ2) is 6.80. The zero-order valence-corrected chi connectivity index (χ0v) is 11.0. The zero-order chi connectivity index (χ0) is 13.5. The predicted octanol–water partition coefficient (Wildman–Crippen LogP) is 1.75. The van der Waals surface area contributed by atoms with Gasteiger partial charge in [-0.05, 0) is 37.3 Å². The molecule has 0 aliphatic heterocycles. The van der Waals surface area contributed by atoms with Crippen molar-refractivity contribution in [2.24, 2.45) is 0 Å². The zero-order valence-electron chi connectivity index (χ0n) is 11.0. The summed E-state index contributed by atoms with van der Waals surface area (Å²) in [7, 11) is 0. The standard InChI is InChI=1S/C14H19N3O2/c1-2-19-14-6-4-12(5-7-14)15-10-13(18)11-17-9-3-8-16-17/h3-9,13,15,18H,2,10-11H2,1H3/t13-/m1/s1. The maximum Gasteiger partial charge on any atom is 0.119 e. The molecule has 0 saturated carbocycles. The monoisotopic (exact) mass is 261 g/mol. The van der Waals surface area contributed by atoms with Gasteiger partial charge in [0.05, 0.1) is 19.3 Å². The molecule has 0 spiro atoms. The summed E-state index contributed by atoms with van der Waals surface area (Å²) in [5, 5.41) is 17.1. The third kappa shape index (κ3) is 4.30. The number of hydrogen-bond acceptors (Lipinski definition) is 4. The molecule has 1 heterocycles. The first-order valence-electron chi connectivity index (χ1n) is 6.40. The molecule has 0 radical (unpaired) electrons. The largest absolute Gasteiger partial charge is 0.494 e. The quantitative estimate of drug-likeness (QED) is 0.797. The number of ether oxygens (including phenoxy) is 1. The van der Waals surface area contributed by atoms with Gasteiger partial charge in [0.2, 0.25) is 0 Å². The van der Waals surface area contributed by atoms with E-state index in [-0.39, 0.29) is 0 Å². The highest BCUT2D eigenvalue weighted by atomic mass is 16.5. The van der Waals surface area contributed by atoms with Crippen molar-refractivity contribution in [2.75, 3.05) is 18.5 Å². The molecule has 0 amide bonds. The minimum atomic E-state index is -0.480. The van der Waals surface area contributed by atoms with Crippen molar-refractivity contribution >= 4 is 5.69 Å². The lowest BCUT2D eigenvalue weighted by atomic mass is 10.3. The highest BCUT2D eigenvalue weighted by Crippen LogP contribution is 2.15. The van der Waals surface area contributed by atoms with Crippen LogP contribution in [-0.2, 0) is 6.54 Å².